The van der Waals surface area contributed by atoms with E-state index in [0.29, 0.717) is 5.92 Å². The van der Waals surface area contributed by atoms with Crippen molar-refractivity contribution in [3.05, 3.63) is 42.1 Å². The Morgan fingerprint density at radius 3 is 2.38 bits per heavy atom. The smallest absolute Gasteiger partial charge is 0.315 e. The maximum atomic E-state index is 11.3. The van der Waals surface area contributed by atoms with Crippen molar-refractivity contribution in [2.75, 3.05) is 5.32 Å². The number of benzene rings is 1. The summed E-state index contributed by atoms with van der Waals surface area (Å²) in [5.41, 5.74) is 2.06. The van der Waals surface area contributed by atoms with Gasteiger partial charge in [-0.15, -0.1) is 0 Å². The van der Waals surface area contributed by atoms with Gasteiger partial charge in [-0.25, -0.2) is 4.79 Å². The lowest BCUT2D eigenvalue weighted by molar-refractivity contribution is 0.255. The van der Waals surface area contributed by atoms with E-state index in [1.807, 2.05) is 31.2 Å². The molecule has 3 nitrogen and oxygen atoms in total. The van der Waals surface area contributed by atoms with E-state index < -0.39 is 0 Å². The van der Waals surface area contributed by atoms with Crippen LogP contribution in [-0.2, 0) is 0 Å². The van der Waals surface area contributed by atoms with Crippen molar-refractivity contribution in [1.82, 2.24) is 5.32 Å². The summed E-state index contributed by atoms with van der Waals surface area (Å²) in [4.78, 5) is 11.3. The topological polar surface area (TPSA) is 41.1 Å². The summed E-state index contributed by atoms with van der Waals surface area (Å²) in [7, 11) is 0. The summed E-state index contributed by atoms with van der Waals surface area (Å²) >= 11 is 0. The molecule has 0 aliphatic rings. The van der Waals surface area contributed by atoms with E-state index in [0.717, 1.165) is 5.69 Å². The van der Waals surface area contributed by atoms with E-state index in [4.69, 9.17) is 0 Å². The van der Waals surface area contributed by atoms with Gasteiger partial charge in [0.05, 0.1) is 0 Å². The second kappa shape index (κ2) is 5.95. The third kappa shape index (κ3) is 3.77. The molecule has 1 aromatic carbocycles. The Morgan fingerprint density at radius 1 is 1.25 bits per heavy atom. The maximum absolute atomic E-state index is 11.3. The van der Waals surface area contributed by atoms with E-state index >= 15 is 0 Å². The van der Waals surface area contributed by atoms with E-state index in [9.17, 15) is 4.79 Å². The van der Waals surface area contributed by atoms with Gasteiger partial charge in [0.2, 0.25) is 0 Å². The minimum atomic E-state index is -0.226. The Kier molecular flexibility index (Phi) is 4.58. The van der Waals surface area contributed by atoms with Crippen LogP contribution in [-0.4, -0.2) is 6.03 Å². The molecule has 0 heterocycles. The van der Waals surface area contributed by atoms with E-state index in [1.54, 1.807) is 12.3 Å². The number of amides is 2. The maximum Gasteiger partial charge on any atom is 0.323 e. The first kappa shape index (κ1) is 12.3. The van der Waals surface area contributed by atoms with Gasteiger partial charge in [0.25, 0.3) is 0 Å². The van der Waals surface area contributed by atoms with Crippen molar-refractivity contribution in [1.29, 1.82) is 0 Å². The molecule has 1 rings (SSSR count). The van der Waals surface area contributed by atoms with Gasteiger partial charge in [0, 0.05) is 11.9 Å². The number of anilines is 1. The summed E-state index contributed by atoms with van der Waals surface area (Å²) in [6.07, 6.45) is 3.36. The van der Waals surface area contributed by atoms with Gasteiger partial charge in [-0.1, -0.05) is 32.1 Å². The van der Waals surface area contributed by atoms with Crippen LogP contribution in [0.15, 0.2) is 36.5 Å². The van der Waals surface area contributed by atoms with Crippen LogP contribution in [0.4, 0.5) is 10.5 Å². The van der Waals surface area contributed by atoms with Gasteiger partial charge in [-0.2, -0.15) is 0 Å². The molecular weight excluding hydrogens is 200 g/mol. The molecule has 0 aliphatic carbocycles. The molecule has 0 aromatic heterocycles. The molecule has 2 amide bonds. The summed E-state index contributed by atoms with van der Waals surface area (Å²) in [6, 6.07) is 7.64. The molecule has 0 unspecified atom stereocenters. The fraction of sp³-hybridized carbons (Fsp3) is 0.308. The molecule has 0 fully saturated rings. The summed E-state index contributed by atoms with van der Waals surface area (Å²) in [5.74, 6) is 0.505. The van der Waals surface area contributed by atoms with Crippen molar-refractivity contribution in [3.8, 4) is 0 Å². The molecule has 0 aliphatic heterocycles. The van der Waals surface area contributed by atoms with Crippen LogP contribution in [0.1, 0.15) is 32.3 Å². The highest BCUT2D eigenvalue weighted by Crippen LogP contribution is 2.16. The molecule has 0 saturated carbocycles. The van der Waals surface area contributed by atoms with Crippen LogP contribution in [0.3, 0.4) is 0 Å². The van der Waals surface area contributed by atoms with Crippen molar-refractivity contribution >= 4 is 11.7 Å². The monoisotopic (exact) mass is 218 g/mol. The molecule has 86 valence electrons. The van der Waals surface area contributed by atoms with Crippen molar-refractivity contribution in [2.24, 2.45) is 0 Å². The molecule has 2 N–H and O–H groups in total. The molecule has 0 spiro atoms. The highest BCUT2D eigenvalue weighted by atomic mass is 16.2. The van der Waals surface area contributed by atoms with Gasteiger partial charge in [0.15, 0.2) is 0 Å². The quantitative estimate of drug-likeness (QED) is 0.801. The number of nitrogens with one attached hydrogen (secondary N) is 2. The zero-order valence-corrected chi connectivity index (χ0v) is 9.95. The fourth-order valence-corrected chi connectivity index (χ4v) is 1.28. The zero-order chi connectivity index (χ0) is 12.0. The van der Waals surface area contributed by atoms with Crippen molar-refractivity contribution in [2.45, 2.75) is 26.7 Å². The Bertz CT molecular complexity index is 366. The number of hydrogen-bond acceptors (Lipinski definition) is 1. The first-order valence-corrected chi connectivity index (χ1v) is 5.42. The largest absolute Gasteiger partial charge is 0.323 e. The van der Waals surface area contributed by atoms with E-state index in [2.05, 4.69) is 24.5 Å². The van der Waals surface area contributed by atoms with Crippen LogP contribution >= 0.6 is 0 Å². The van der Waals surface area contributed by atoms with Crippen LogP contribution in [0.5, 0.6) is 0 Å². The number of rotatable bonds is 3. The fourth-order valence-electron chi connectivity index (χ4n) is 1.28. The number of hydrogen-bond donors (Lipinski definition) is 2. The van der Waals surface area contributed by atoms with Gasteiger partial charge in [-0.3, -0.25) is 0 Å². The molecule has 0 saturated heterocycles. The van der Waals surface area contributed by atoms with Crippen LogP contribution < -0.4 is 10.6 Å². The van der Waals surface area contributed by atoms with Crippen molar-refractivity contribution < 1.29 is 4.79 Å². The molecule has 0 bridgehead atoms. The van der Waals surface area contributed by atoms with Crippen LogP contribution in [0, 0.1) is 0 Å². The second-order valence-corrected chi connectivity index (χ2v) is 3.88. The second-order valence-electron chi connectivity index (χ2n) is 3.88. The number of carbonyl (C=O) groups excluding carboxylic acids is 1. The molecule has 0 radical (unpaired) electrons. The zero-order valence-electron chi connectivity index (χ0n) is 9.95. The lowest BCUT2D eigenvalue weighted by Gasteiger charge is -2.08. The Hall–Kier alpha value is -1.77. The van der Waals surface area contributed by atoms with Gasteiger partial charge < -0.3 is 10.6 Å². The predicted octanol–water partition coefficient (Wildman–Crippen LogP) is 3.47. The Balaban J connectivity index is 2.58. The first-order valence-electron chi connectivity index (χ1n) is 5.42. The Morgan fingerprint density at radius 2 is 1.88 bits per heavy atom. The van der Waals surface area contributed by atoms with Gasteiger partial charge in [0.1, 0.15) is 0 Å². The van der Waals surface area contributed by atoms with Gasteiger partial charge in [-0.05, 0) is 30.5 Å². The average molecular weight is 218 g/mol. The molecule has 16 heavy (non-hydrogen) atoms. The highest BCUT2D eigenvalue weighted by Gasteiger charge is 2.01. The summed E-state index contributed by atoms with van der Waals surface area (Å²) in [5, 5.41) is 5.33. The van der Waals surface area contributed by atoms with Crippen molar-refractivity contribution in [3.63, 3.8) is 0 Å². The third-order valence-corrected chi connectivity index (χ3v) is 2.22. The van der Waals surface area contributed by atoms with E-state index in [-0.39, 0.29) is 6.03 Å². The minimum absolute atomic E-state index is 0.226. The van der Waals surface area contributed by atoms with Crippen LogP contribution in [0.25, 0.3) is 0 Å². The Labute approximate surface area is 96.6 Å². The lowest BCUT2D eigenvalue weighted by atomic mass is 10.0. The van der Waals surface area contributed by atoms with Gasteiger partial charge >= 0.3 is 6.03 Å². The number of allylic oxidation sites excluding steroid dienone is 1. The molecule has 1 aromatic rings. The normalized spacial score (nSPS) is 10.8. The molecule has 3 heteroatoms. The first-order chi connectivity index (χ1) is 7.63. The number of carbonyl (C=O) groups is 1. The summed E-state index contributed by atoms with van der Waals surface area (Å²) < 4.78 is 0. The van der Waals surface area contributed by atoms with E-state index in [1.165, 1.54) is 5.56 Å². The SMILES string of the molecule is C/C=C/NC(=O)Nc1ccc(C(C)C)cc1. The summed E-state index contributed by atoms with van der Waals surface area (Å²) in [6.45, 7) is 6.13. The number of urea groups is 1. The third-order valence-electron chi connectivity index (χ3n) is 2.22. The predicted molar refractivity (Wildman–Crippen MR) is 67.5 cm³/mol. The lowest BCUT2D eigenvalue weighted by Crippen LogP contribution is -2.23. The molecule has 0 atom stereocenters. The highest BCUT2D eigenvalue weighted by molar-refractivity contribution is 5.89. The molecular formula is C13H18N2O. The standard InChI is InChI=1S/C13H18N2O/c1-4-9-14-13(16)15-12-7-5-11(6-8-12)10(2)3/h4-10H,1-3H3,(H2,14,15,16)/b9-4+. The van der Waals surface area contributed by atoms with Crippen LogP contribution in [0.2, 0.25) is 0 Å². The average Bonchev–Trinajstić information content (AvgIpc) is 2.27. The minimum Gasteiger partial charge on any atom is -0.315 e.